The first-order valence-corrected chi connectivity index (χ1v) is 7.42. The number of ether oxygens (including phenoxy) is 1. The van der Waals surface area contributed by atoms with Crippen LogP contribution >= 0.6 is 0 Å². The van der Waals surface area contributed by atoms with Crippen LogP contribution in [0.25, 0.3) is 0 Å². The average Bonchev–Trinajstić information content (AvgIpc) is 3.00. The first-order chi connectivity index (χ1) is 10.5. The van der Waals surface area contributed by atoms with E-state index in [0.29, 0.717) is 6.54 Å². The molecular formula is C17H23N3O2. The number of hydrogen-bond acceptors (Lipinski definition) is 3. The molecule has 1 aromatic carbocycles. The van der Waals surface area contributed by atoms with Crippen molar-refractivity contribution in [3.8, 4) is 5.75 Å². The van der Waals surface area contributed by atoms with Crippen LogP contribution in [0, 0.1) is 0 Å². The maximum absolute atomic E-state index is 12.5. The van der Waals surface area contributed by atoms with Crippen molar-refractivity contribution >= 4 is 5.91 Å². The van der Waals surface area contributed by atoms with E-state index in [4.69, 9.17) is 4.74 Å². The Bertz CT molecular complexity index is 630. The molecule has 22 heavy (non-hydrogen) atoms. The number of benzene rings is 1. The molecular weight excluding hydrogens is 278 g/mol. The summed E-state index contributed by atoms with van der Waals surface area (Å²) in [5, 5.41) is 7.32. The summed E-state index contributed by atoms with van der Waals surface area (Å²) in [6.45, 7) is 7.11. The number of aryl methyl sites for hydroxylation is 1. The molecule has 0 atom stereocenters. The average molecular weight is 301 g/mol. The summed E-state index contributed by atoms with van der Waals surface area (Å²) in [6.07, 6.45) is 1.91. The van der Waals surface area contributed by atoms with Crippen LogP contribution in [0.15, 0.2) is 36.5 Å². The molecule has 0 radical (unpaired) electrons. The highest BCUT2D eigenvalue weighted by Gasteiger charge is 2.29. The van der Waals surface area contributed by atoms with Crippen LogP contribution in [0.3, 0.4) is 0 Å². The van der Waals surface area contributed by atoms with E-state index in [-0.39, 0.29) is 5.91 Å². The van der Waals surface area contributed by atoms with Crippen LogP contribution in [-0.2, 0) is 23.3 Å². The maximum atomic E-state index is 12.5. The molecule has 1 N–H and O–H groups in total. The molecule has 0 spiro atoms. The van der Waals surface area contributed by atoms with Crippen molar-refractivity contribution in [2.45, 2.75) is 39.3 Å². The number of aromatic nitrogens is 2. The standard InChI is InChI=1S/C17H23N3O2/c1-5-20-11-10-14(19-20)12-18-16(21)17(2,3)13-6-8-15(22-4)9-7-13/h6-11H,5,12H2,1-4H3,(H,18,21). The van der Waals surface area contributed by atoms with Crippen molar-refractivity contribution in [1.29, 1.82) is 0 Å². The van der Waals surface area contributed by atoms with Gasteiger partial charge in [0, 0.05) is 12.7 Å². The molecule has 1 heterocycles. The molecule has 0 fully saturated rings. The van der Waals surface area contributed by atoms with Crippen molar-refractivity contribution in [3.63, 3.8) is 0 Å². The molecule has 5 heteroatoms. The SMILES string of the molecule is CCn1ccc(CNC(=O)C(C)(C)c2ccc(OC)cc2)n1. The Morgan fingerprint density at radius 1 is 1.27 bits per heavy atom. The van der Waals surface area contributed by atoms with E-state index in [9.17, 15) is 4.79 Å². The van der Waals surface area contributed by atoms with Crippen molar-refractivity contribution in [1.82, 2.24) is 15.1 Å². The Hall–Kier alpha value is -2.30. The van der Waals surface area contributed by atoms with Crippen molar-refractivity contribution < 1.29 is 9.53 Å². The molecule has 0 unspecified atom stereocenters. The molecule has 1 aromatic heterocycles. The first-order valence-electron chi connectivity index (χ1n) is 7.42. The second kappa shape index (κ2) is 6.64. The quantitative estimate of drug-likeness (QED) is 0.892. The molecule has 0 aliphatic heterocycles. The number of hydrogen-bond donors (Lipinski definition) is 1. The molecule has 0 aliphatic rings. The number of carbonyl (C=O) groups is 1. The van der Waals surface area contributed by atoms with E-state index in [1.54, 1.807) is 7.11 Å². The topological polar surface area (TPSA) is 56.2 Å². The van der Waals surface area contributed by atoms with Crippen LogP contribution in [0.2, 0.25) is 0 Å². The third kappa shape index (κ3) is 3.47. The van der Waals surface area contributed by atoms with E-state index in [1.165, 1.54) is 0 Å². The number of nitrogens with zero attached hydrogens (tertiary/aromatic N) is 2. The molecule has 2 aromatic rings. The highest BCUT2D eigenvalue weighted by atomic mass is 16.5. The van der Waals surface area contributed by atoms with Gasteiger partial charge in [0.15, 0.2) is 0 Å². The minimum absolute atomic E-state index is 0.0243. The summed E-state index contributed by atoms with van der Waals surface area (Å²) in [7, 11) is 1.63. The van der Waals surface area contributed by atoms with Crippen molar-refractivity contribution in [2.24, 2.45) is 0 Å². The number of rotatable bonds is 6. The Morgan fingerprint density at radius 2 is 1.95 bits per heavy atom. The lowest BCUT2D eigenvalue weighted by molar-refractivity contribution is -0.125. The van der Waals surface area contributed by atoms with Gasteiger partial charge in [0.25, 0.3) is 0 Å². The first kappa shape index (κ1) is 16.1. The summed E-state index contributed by atoms with van der Waals surface area (Å²) >= 11 is 0. The van der Waals surface area contributed by atoms with E-state index in [0.717, 1.165) is 23.6 Å². The summed E-state index contributed by atoms with van der Waals surface area (Å²) in [5.74, 6) is 0.758. The van der Waals surface area contributed by atoms with Crippen LogP contribution in [-0.4, -0.2) is 22.8 Å². The highest BCUT2D eigenvalue weighted by Crippen LogP contribution is 2.25. The lowest BCUT2D eigenvalue weighted by atomic mass is 9.83. The summed E-state index contributed by atoms with van der Waals surface area (Å²) in [4.78, 5) is 12.5. The number of methoxy groups -OCH3 is 1. The Labute approximate surface area is 131 Å². The Kier molecular flexibility index (Phi) is 4.85. The highest BCUT2D eigenvalue weighted by molar-refractivity contribution is 5.87. The minimum atomic E-state index is -0.612. The van der Waals surface area contributed by atoms with Gasteiger partial charge >= 0.3 is 0 Å². The third-order valence-electron chi connectivity index (χ3n) is 3.83. The maximum Gasteiger partial charge on any atom is 0.230 e. The molecule has 0 bridgehead atoms. The molecule has 0 saturated heterocycles. The summed E-state index contributed by atoms with van der Waals surface area (Å²) in [6, 6.07) is 9.50. The Morgan fingerprint density at radius 3 is 2.50 bits per heavy atom. The van der Waals surface area contributed by atoms with Gasteiger partial charge in [-0.3, -0.25) is 9.48 Å². The van der Waals surface area contributed by atoms with Crippen LogP contribution in [0.1, 0.15) is 32.0 Å². The molecule has 1 amide bonds. The van der Waals surface area contributed by atoms with Gasteiger partial charge in [-0.25, -0.2) is 0 Å². The lowest BCUT2D eigenvalue weighted by Gasteiger charge is -2.24. The molecule has 2 rings (SSSR count). The number of carbonyl (C=O) groups excluding carboxylic acids is 1. The van der Waals surface area contributed by atoms with Gasteiger partial charge in [-0.05, 0) is 44.5 Å². The monoisotopic (exact) mass is 301 g/mol. The van der Waals surface area contributed by atoms with Crippen LogP contribution in [0.4, 0.5) is 0 Å². The van der Waals surface area contributed by atoms with E-state index < -0.39 is 5.41 Å². The predicted molar refractivity (Wildman–Crippen MR) is 85.8 cm³/mol. The van der Waals surface area contributed by atoms with Gasteiger partial charge in [0.2, 0.25) is 5.91 Å². The minimum Gasteiger partial charge on any atom is -0.497 e. The van der Waals surface area contributed by atoms with Gasteiger partial charge in [-0.2, -0.15) is 5.10 Å². The van der Waals surface area contributed by atoms with E-state index in [2.05, 4.69) is 10.4 Å². The molecule has 118 valence electrons. The molecule has 0 saturated carbocycles. The third-order valence-corrected chi connectivity index (χ3v) is 3.83. The van der Waals surface area contributed by atoms with E-state index in [1.807, 2.05) is 62.0 Å². The molecule has 5 nitrogen and oxygen atoms in total. The zero-order valence-electron chi connectivity index (χ0n) is 13.6. The predicted octanol–water partition coefficient (Wildman–Crippen LogP) is 2.51. The van der Waals surface area contributed by atoms with E-state index >= 15 is 0 Å². The fraction of sp³-hybridized carbons (Fsp3) is 0.412. The number of amides is 1. The molecule has 0 aliphatic carbocycles. The van der Waals surface area contributed by atoms with Gasteiger partial charge < -0.3 is 10.1 Å². The van der Waals surface area contributed by atoms with Gasteiger partial charge in [-0.1, -0.05) is 12.1 Å². The van der Waals surface area contributed by atoms with Crippen LogP contribution in [0.5, 0.6) is 5.75 Å². The zero-order valence-corrected chi connectivity index (χ0v) is 13.6. The van der Waals surface area contributed by atoms with Gasteiger partial charge in [0.05, 0.1) is 24.8 Å². The van der Waals surface area contributed by atoms with Crippen molar-refractivity contribution in [3.05, 3.63) is 47.8 Å². The zero-order chi connectivity index (χ0) is 16.2. The second-order valence-electron chi connectivity index (χ2n) is 5.70. The Balaban J connectivity index is 2.02. The largest absolute Gasteiger partial charge is 0.497 e. The van der Waals surface area contributed by atoms with Gasteiger partial charge in [0.1, 0.15) is 5.75 Å². The summed E-state index contributed by atoms with van der Waals surface area (Å²) in [5.41, 5.74) is 1.20. The van der Waals surface area contributed by atoms with Crippen LogP contribution < -0.4 is 10.1 Å². The normalized spacial score (nSPS) is 11.3. The lowest BCUT2D eigenvalue weighted by Crippen LogP contribution is -2.39. The number of nitrogens with one attached hydrogen (secondary N) is 1. The van der Waals surface area contributed by atoms with Crippen molar-refractivity contribution in [2.75, 3.05) is 7.11 Å². The smallest absolute Gasteiger partial charge is 0.230 e. The second-order valence-corrected chi connectivity index (χ2v) is 5.70. The fourth-order valence-electron chi connectivity index (χ4n) is 2.20. The fourth-order valence-corrected chi connectivity index (χ4v) is 2.20. The summed E-state index contributed by atoms with van der Waals surface area (Å²) < 4.78 is 6.99. The van der Waals surface area contributed by atoms with Gasteiger partial charge in [-0.15, -0.1) is 0 Å².